The molecule has 0 amide bonds. The highest BCUT2D eigenvalue weighted by molar-refractivity contribution is 7.98. The summed E-state index contributed by atoms with van der Waals surface area (Å²) in [4.78, 5) is 20.3. The molecule has 3 aromatic heterocycles. The van der Waals surface area contributed by atoms with E-state index in [0.29, 0.717) is 16.6 Å². The predicted molar refractivity (Wildman–Crippen MR) is 81.6 cm³/mol. The molecule has 0 saturated heterocycles. The minimum absolute atomic E-state index is 0.209. The van der Waals surface area contributed by atoms with Crippen LogP contribution in [0.4, 0.5) is 0 Å². The Bertz CT molecular complexity index is 841. The number of hydrogen-bond acceptors (Lipinski definition) is 7. The molecule has 112 valence electrons. The number of nitrogens with zero attached hydrogens (tertiary/aromatic N) is 5. The van der Waals surface area contributed by atoms with Crippen molar-refractivity contribution in [1.29, 1.82) is 0 Å². The Labute approximate surface area is 130 Å². The maximum Gasteiger partial charge on any atom is 0.267 e. The van der Waals surface area contributed by atoms with Crippen molar-refractivity contribution in [2.75, 3.05) is 6.26 Å². The first-order valence-electron chi connectivity index (χ1n) is 6.52. The summed E-state index contributed by atoms with van der Waals surface area (Å²) in [5.41, 5.74) is 1.93. The molecule has 0 bridgehead atoms. The Balaban J connectivity index is 1.93. The van der Waals surface area contributed by atoms with E-state index in [1.54, 1.807) is 24.5 Å². The first-order chi connectivity index (χ1) is 10.7. The molecule has 3 rings (SSSR count). The van der Waals surface area contributed by atoms with Crippen LogP contribution in [0.15, 0.2) is 45.1 Å². The molecule has 0 aliphatic carbocycles. The van der Waals surface area contributed by atoms with Crippen LogP contribution in [-0.2, 0) is 6.54 Å². The molecule has 8 heteroatoms. The Hall–Kier alpha value is -2.48. The molecule has 0 aliphatic heterocycles. The lowest BCUT2D eigenvalue weighted by molar-refractivity contribution is 0.365. The second-order valence-corrected chi connectivity index (χ2v) is 5.38. The van der Waals surface area contributed by atoms with E-state index in [1.165, 1.54) is 22.5 Å². The van der Waals surface area contributed by atoms with Gasteiger partial charge in [-0.1, -0.05) is 16.9 Å². The minimum Gasteiger partial charge on any atom is -0.359 e. The zero-order chi connectivity index (χ0) is 15.5. The molecule has 3 heterocycles. The van der Waals surface area contributed by atoms with Gasteiger partial charge in [-0.3, -0.25) is 4.79 Å². The van der Waals surface area contributed by atoms with Gasteiger partial charge in [0.1, 0.15) is 6.54 Å². The molecular weight excluding hydrogens is 302 g/mol. The predicted octanol–water partition coefficient (Wildman–Crippen LogP) is 1.77. The van der Waals surface area contributed by atoms with Gasteiger partial charge in [0.25, 0.3) is 5.56 Å². The molecule has 0 atom stereocenters. The van der Waals surface area contributed by atoms with E-state index >= 15 is 0 Å². The van der Waals surface area contributed by atoms with Crippen molar-refractivity contribution < 1.29 is 4.52 Å². The molecule has 0 aromatic carbocycles. The van der Waals surface area contributed by atoms with Crippen LogP contribution >= 0.6 is 11.8 Å². The highest BCUT2D eigenvalue weighted by Gasteiger charge is 2.08. The van der Waals surface area contributed by atoms with Gasteiger partial charge in [0.2, 0.25) is 0 Å². The number of aryl methyl sites for hydroxylation is 1. The summed E-state index contributed by atoms with van der Waals surface area (Å²) in [7, 11) is 0. The largest absolute Gasteiger partial charge is 0.359 e. The van der Waals surface area contributed by atoms with Crippen LogP contribution in [0.3, 0.4) is 0 Å². The molecule has 0 saturated carbocycles. The van der Waals surface area contributed by atoms with Gasteiger partial charge < -0.3 is 4.52 Å². The van der Waals surface area contributed by atoms with Gasteiger partial charge in [-0.05, 0) is 19.2 Å². The molecule has 0 spiro atoms. The molecule has 3 aromatic rings. The van der Waals surface area contributed by atoms with Gasteiger partial charge in [-0.25, -0.2) is 14.6 Å². The normalized spacial score (nSPS) is 10.8. The molecule has 0 aliphatic rings. The van der Waals surface area contributed by atoms with Crippen molar-refractivity contribution in [2.24, 2.45) is 0 Å². The van der Waals surface area contributed by atoms with Crippen molar-refractivity contribution in [2.45, 2.75) is 18.6 Å². The molecule has 0 radical (unpaired) electrons. The van der Waals surface area contributed by atoms with Crippen molar-refractivity contribution >= 4 is 11.8 Å². The highest BCUT2D eigenvalue weighted by atomic mass is 32.2. The van der Waals surface area contributed by atoms with Crippen LogP contribution in [-0.4, -0.2) is 31.2 Å². The fourth-order valence-electron chi connectivity index (χ4n) is 1.91. The zero-order valence-corrected chi connectivity index (χ0v) is 12.9. The SMILES string of the molecule is CSc1ncc(-c2ccc(=O)n(Cc3cc(C)no3)n2)cn1. The fourth-order valence-corrected chi connectivity index (χ4v) is 2.22. The van der Waals surface area contributed by atoms with Gasteiger partial charge in [0.05, 0.1) is 11.4 Å². The summed E-state index contributed by atoms with van der Waals surface area (Å²) >= 11 is 1.47. The fraction of sp³-hybridized carbons (Fsp3) is 0.214. The first kappa shape index (κ1) is 14.5. The molecule has 0 fully saturated rings. The van der Waals surface area contributed by atoms with E-state index in [-0.39, 0.29) is 12.1 Å². The van der Waals surface area contributed by atoms with Crippen LogP contribution in [0, 0.1) is 6.92 Å². The Morgan fingerprint density at radius 2 is 2.05 bits per heavy atom. The Morgan fingerprint density at radius 1 is 1.27 bits per heavy atom. The summed E-state index contributed by atoms with van der Waals surface area (Å²) in [6.45, 7) is 2.06. The van der Waals surface area contributed by atoms with Crippen molar-refractivity contribution in [3.05, 3.63) is 52.4 Å². The minimum atomic E-state index is -0.209. The molecule has 0 N–H and O–H groups in total. The molecule has 7 nitrogen and oxygen atoms in total. The topological polar surface area (TPSA) is 86.7 Å². The van der Waals surface area contributed by atoms with Crippen LogP contribution in [0.25, 0.3) is 11.3 Å². The van der Waals surface area contributed by atoms with E-state index in [0.717, 1.165) is 11.3 Å². The average Bonchev–Trinajstić information content (AvgIpc) is 2.95. The monoisotopic (exact) mass is 315 g/mol. The number of rotatable bonds is 4. The van der Waals surface area contributed by atoms with Crippen molar-refractivity contribution in [3.8, 4) is 11.3 Å². The second-order valence-electron chi connectivity index (χ2n) is 4.61. The Morgan fingerprint density at radius 3 is 2.68 bits per heavy atom. The van der Waals surface area contributed by atoms with Gasteiger partial charge in [0, 0.05) is 30.1 Å². The van der Waals surface area contributed by atoms with Crippen LogP contribution < -0.4 is 5.56 Å². The van der Waals surface area contributed by atoms with Gasteiger partial charge in [0.15, 0.2) is 10.9 Å². The summed E-state index contributed by atoms with van der Waals surface area (Å²) in [5.74, 6) is 0.582. The number of thioether (sulfide) groups is 1. The first-order valence-corrected chi connectivity index (χ1v) is 7.75. The lowest BCUT2D eigenvalue weighted by Gasteiger charge is -2.05. The third-order valence-corrected chi connectivity index (χ3v) is 3.53. The maximum atomic E-state index is 11.9. The smallest absolute Gasteiger partial charge is 0.267 e. The number of aromatic nitrogens is 5. The van der Waals surface area contributed by atoms with Crippen LogP contribution in [0.5, 0.6) is 0 Å². The average molecular weight is 315 g/mol. The third kappa shape index (κ3) is 3.06. The van der Waals surface area contributed by atoms with Crippen LogP contribution in [0.2, 0.25) is 0 Å². The maximum absolute atomic E-state index is 11.9. The lowest BCUT2D eigenvalue weighted by atomic mass is 10.2. The molecule has 0 unspecified atom stereocenters. The van der Waals surface area contributed by atoms with E-state index in [1.807, 2.05) is 13.2 Å². The summed E-state index contributed by atoms with van der Waals surface area (Å²) in [6, 6.07) is 4.90. The van der Waals surface area contributed by atoms with Crippen LogP contribution in [0.1, 0.15) is 11.5 Å². The van der Waals surface area contributed by atoms with Gasteiger partial charge >= 0.3 is 0 Å². The van der Waals surface area contributed by atoms with E-state index in [2.05, 4.69) is 20.2 Å². The Kier molecular flexibility index (Phi) is 4.01. The number of hydrogen-bond donors (Lipinski definition) is 0. The standard InChI is InChI=1S/C14H13N5O2S/c1-9-5-11(21-18-9)8-19-13(20)4-3-12(17-19)10-6-15-14(22-2)16-7-10/h3-7H,8H2,1-2H3. The van der Waals surface area contributed by atoms with E-state index in [4.69, 9.17) is 4.52 Å². The van der Waals surface area contributed by atoms with E-state index in [9.17, 15) is 4.79 Å². The van der Waals surface area contributed by atoms with E-state index < -0.39 is 0 Å². The quantitative estimate of drug-likeness (QED) is 0.535. The third-order valence-electron chi connectivity index (χ3n) is 2.96. The van der Waals surface area contributed by atoms with Crippen molar-refractivity contribution in [1.82, 2.24) is 24.9 Å². The summed E-state index contributed by atoms with van der Waals surface area (Å²) in [5, 5.41) is 8.82. The molecular formula is C14H13N5O2S. The summed E-state index contributed by atoms with van der Waals surface area (Å²) < 4.78 is 6.45. The highest BCUT2D eigenvalue weighted by Crippen LogP contribution is 2.15. The second kappa shape index (κ2) is 6.10. The zero-order valence-electron chi connectivity index (χ0n) is 12.1. The summed E-state index contributed by atoms with van der Waals surface area (Å²) in [6.07, 6.45) is 5.29. The van der Waals surface area contributed by atoms with Gasteiger partial charge in [-0.15, -0.1) is 0 Å². The lowest BCUT2D eigenvalue weighted by Crippen LogP contribution is -2.22. The van der Waals surface area contributed by atoms with Gasteiger partial charge in [-0.2, -0.15) is 5.10 Å². The molecule has 22 heavy (non-hydrogen) atoms. The van der Waals surface area contributed by atoms with Crippen molar-refractivity contribution in [3.63, 3.8) is 0 Å².